The molecule has 2 aromatic carbocycles. The smallest absolute Gasteiger partial charge is 0.251 e. The molecule has 6 nitrogen and oxygen atoms in total. The first-order chi connectivity index (χ1) is 13.6. The van der Waals surface area contributed by atoms with Gasteiger partial charge in [0.2, 0.25) is 5.91 Å². The second-order valence-electron chi connectivity index (χ2n) is 7.35. The van der Waals surface area contributed by atoms with Crippen molar-refractivity contribution in [2.45, 2.75) is 19.4 Å². The topological polar surface area (TPSA) is 53.1 Å². The Hall–Kier alpha value is -2.86. The molecular formula is C22H25N3O3. The van der Waals surface area contributed by atoms with E-state index in [0.717, 1.165) is 43.2 Å². The van der Waals surface area contributed by atoms with Crippen molar-refractivity contribution < 1.29 is 14.3 Å². The zero-order chi connectivity index (χ0) is 19.7. The number of piperazine rings is 1. The molecule has 0 aromatic heterocycles. The summed E-state index contributed by atoms with van der Waals surface area (Å²) in [7, 11) is 1.67. The number of amides is 2. The number of carbonyl (C=O) groups is 2. The summed E-state index contributed by atoms with van der Waals surface area (Å²) in [6, 6.07) is 15.2. The second kappa shape index (κ2) is 7.64. The van der Waals surface area contributed by atoms with Gasteiger partial charge in [0.25, 0.3) is 5.91 Å². The molecular weight excluding hydrogens is 354 g/mol. The maximum Gasteiger partial charge on any atom is 0.251 e. The molecule has 146 valence electrons. The Kier molecular flexibility index (Phi) is 5.05. The predicted octanol–water partition coefficient (Wildman–Crippen LogP) is 2.46. The van der Waals surface area contributed by atoms with Crippen molar-refractivity contribution in [3.05, 3.63) is 54.1 Å². The van der Waals surface area contributed by atoms with Gasteiger partial charge in [0.05, 0.1) is 25.3 Å². The third-order valence-corrected chi connectivity index (χ3v) is 5.56. The summed E-state index contributed by atoms with van der Waals surface area (Å²) in [6.45, 7) is 5.10. The Morgan fingerprint density at radius 1 is 0.929 bits per heavy atom. The highest BCUT2D eigenvalue weighted by atomic mass is 16.5. The Bertz CT molecular complexity index is 890. The van der Waals surface area contributed by atoms with Crippen molar-refractivity contribution >= 4 is 23.2 Å². The molecule has 2 heterocycles. The molecule has 1 unspecified atom stereocenters. The van der Waals surface area contributed by atoms with E-state index in [9.17, 15) is 9.59 Å². The lowest BCUT2D eigenvalue weighted by molar-refractivity contribution is -0.123. The number of hydrogen-bond donors (Lipinski definition) is 0. The Morgan fingerprint density at radius 3 is 2.36 bits per heavy atom. The number of nitrogens with zero attached hydrogens (tertiary/aromatic N) is 3. The van der Waals surface area contributed by atoms with Crippen molar-refractivity contribution in [2.24, 2.45) is 0 Å². The lowest BCUT2D eigenvalue weighted by atomic mass is 10.1. The summed E-state index contributed by atoms with van der Waals surface area (Å²) in [5.74, 6) is 0.617. The van der Waals surface area contributed by atoms with Crippen LogP contribution in [0.5, 0.6) is 5.75 Å². The molecule has 4 rings (SSSR count). The van der Waals surface area contributed by atoms with Gasteiger partial charge in [0.1, 0.15) is 5.75 Å². The molecule has 2 saturated heterocycles. The van der Waals surface area contributed by atoms with E-state index in [0.29, 0.717) is 5.69 Å². The van der Waals surface area contributed by atoms with Gasteiger partial charge in [-0.25, -0.2) is 4.90 Å². The first kappa shape index (κ1) is 18.5. The van der Waals surface area contributed by atoms with Gasteiger partial charge in [0, 0.05) is 37.9 Å². The zero-order valence-corrected chi connectivity index (χ0v) is 16.3. The predicted molar refractivity (Wildman–Crippen MR) is 109 cm³/mol. The van der Waals surface area contributed by atoms with E-state index in [-0.39, 0.29) is 24.3 Å². The first-order valence-corrected chi connectivity index (χ1v) is 9.63. The fraction of sp³-hybridized carbons (Fsp3) is 0.364. The van der Waals surface area contributed by atoms with Crippen LogP contribution in [0.3, 0.4) is 0 Å². The van der Waals surface area contributed by atoms with Crippen molar-refractivity contribution in [1.29, 1.82) is 0 Å². The molecule has 28 heavy (non-hydrogen) atoms. The lowest BCUT2D eigenvalue weighted by Gasteiger charge is -2.38. The first-order valence-electron chi connectivity index (χ1n) is 9.63. The molecule has 2 fully saturated rings. The third-order valence-electron chi connectivity index (χ3n) is 5.56. The SMILES string of the molecule is COc1cccc(N2CCN(C3CC(=O)N(c4cccc(C)c4)C3=O)CC2)c1. The van der Waals surface area contributed by atoms with Crippen LogP contribution in [0.2, 0.25) is 0 Å². The molecule has 2 aliphatic rings. The zero-order valence-electron chi connectivity index (χ0n) is 16.3. The van der Waals surface area contributed by atoms with Gasteiger partial charge in [-0.05, 0) is 36.8 Å². The third kappa shape index (κ3) is 3.47. The molecule has 0 bridgehead atoms. The van der Waals surface area contributed by atoms with Gasteiger partial charge in [-0.2, -0.15) is 0 Å². The van der Waals surface area contributed by atoms with Gasteiger partial charge in [-0.15, -0.1) is 0 Å². The average molecular weight is 379 g/mol. The van der Waals surface area contributed by atoms with Crippen LogP contribution >= 0.6 is 0 Å². The van der Waals surface area contributed by atoms with E-state index in [1.54, 1.807) is 7.11 Å². The van der Waals surface area contributed by atoms with Crippen LogP contribution < -0.4 is 14.5 Å². The highest BCUT2D eigenvalue weighted by Crippen LogP contribution is 2.28. The molecule has 6 heteroatoms. The molecule has 0 saturated carbocycles. The quantitative estimate of drug-likeness (QED) is 0.764. The molecule has 0 spiro atoms. The highest BCUT2D eigenvalue weighted by Gasteiger charge is 2.43. The fourth-order valence-electron chi connectivity index (χ4n) is 4.04. The summed E-state index contributed by atoms with van der Waals surface area (Å²) in [5, 5.41) is 0. The minimum atomic E-state index is -0.361. The van der Waals surface area contributed by atoms with Gasteiger partial charge < -0.3 is 9.64 Å². The van der Waals surface area contributed by atoms with E-state index < -0.39 is 0 Å². The standard InChI is InChI=1S/C22H25N3O3/c1-16-5-3-7-18(13-16)25-21(26)15-20(22(25)27)24-11-9-23(10-12-24)17-6-4-8-19(14-17)28-2/h3-8,13-14,20H,9-12,15H2,1-2H3. The lowest BCUT2D eigenvalue weighted by Crippen LogP contribution is -2.52. The number of aryl methyl sites for hydroxylation is 1. The normalized spacial score (nSPS) is 20.7. The van der Waals surface area contributed by atoms with E-state index >= 15 is 0 Å². The largest absolute Gasteiger partial charge is 0.497 e. The van der Waals surface area contributed by atoms with Gasteiger partial charge in [-0.1, -0.05) is 18.2 Å². The molecule has 1 atom stereocenters. The minimum absolute atomic E-state index is 0.106. The highest BCUT2D eigenvalue weighted by molar-refractivity contribution is 6.22. The van der Waals surface area contributed by atoms with Crippen LogP contribution in [0.4, 0.5) is 11.4 Å². The van der Waals surface area contributed by atoms with Crippen LogP contribution in [0, 0.1) is 6.92 Å². The fourth-order valence-corrected chi connectivity index (χ4v) is 4.04. The van der Waals surface area contributed by atoms with Crippen molar-refractivity contribution in [2.75, 3.05) is 43.1 Å². The van der Waals surface area contributed by atoms with Gasteiger partial charge >= 0.3 is 0 Å². The summed E-state index contributed by atoms with van der Waals surface area (Å²) >= 11 is 0. The minimum Gasteiger partial charge on any atom is -0.497 e. The Labute approximate surface area is 165 Å². The van der Waals surface area contributed by atoms with E-state index in [1.165, 1.54) is 4.90 Å². The maximum absolute atomic E-state index is 13.0. The molecule has 2 amide bonds. The van der Waals surface area contributed by atoms with Crippen molar-refractivity contribution in [1.82, 2.24) is 4.90 Å². The molecule has 2 aliphatic heterocycles. The van der Waals surface area contributed by atoms with E-state index in [2.05, 4.69) is 15.9 Å². The van der Waals surface area contributed by atoms with Crippen LogP contribution in [0.1, 0.15) is 12.0 Å². The number of rotatable bonds is 4. The van der Waals surface area contributed by atoms with Crippen LogP contribution in [-0.2, 0) is 9.59 Å². The average Bonchev–Trinajstić information content (AvgIpc) is 3.02. The molecule has 0 N–H and O–H groups in total. The van der Waals surface area contributed by atoms with E-state index in [1.807, 2.05) is 49.4 Å². The van der Waals surface area contributed by atoms with Crippen molar-refractivity contribution in [3.8, 4) is 5.75 Å². The summed E-state index contributed by atoms with van der Waals surface area (Å²) in [4.78, 5) is 31.3. The Balaban J connectivity index is 1.43. The number of methoxy groups -OCH3 is 1. The summed E-state index contributed by atoms with van der Waals surface area (Å²) < 4.78 is 5.31. The van der Waals surface area contributed by atoms with Crippen LogP contribution in [0.15, 0.2) is 48.5 Å². The second-order valence-corrected chi connectivity index (χ2v) is 7.35. The molecule has 0 radical (unpaired) electrons. The Morgan fingerprint density at radius 2 is 1.64 bits per heavy atom. The van der Waals surface area contributed by atoms with Gasteiger partial charge in [-0.3, -0.25) is 14.5 Å². The van der Waals surface area contributed by atoms with Crippen LogP contribution in [0.25, 0.3) is 0 Å². The molecule has 2 aromatic rings. The van der Waals surface area contributed by atoms with Gasteiger partial charge in [0.15, 0.2) is 0 Å². The molecule has 0 aliphatic carbocycles. The number of imide groups is 1. The number of benzene rings is 2. The summed E-state index contributed by atoms with van der Waals surface area (Å²) in [6.07, 6.45) is 0.256. The number of ether oxygens (including phenoxy) is 1. The van der Waals surface area contributed by atoms with Crippen LogP contribution in [-0.4, -0.2) is 56.0 Å². The number of anilines is 2. The van der Waals surface area contributed by atoms with E-state index in [4.69, 9.17) is 4.74 Å². The number of hydrogen-bond acceptors (Lipinski definition) is 5. The van der Waals surface area contributed by atoms with Crippen molar-refractivity contribution in [3.63, 3.8) is 0 Å². The monoisotopic (exact) mass is 379 g/mol. The number of carbonyl (C=O) groups excluding carboxylic acids is 2. The maximum atomic E-state index is 13.0. The summed E-state index contributed by atoms with van der Waals surface area (Å²) in [5.41, 5.74) is 2.83.